The predicted octanol–water partition coefficient (Wildman–Crippen LogP) is 3.56. The first-order valence-electron chi connectivity index (χ1n) is 13.1. The molecule has 2 saturated heterocycles. The van der Waals surface area contributed by atoms with E-state index in [0.29, 0.717) is 25.1 Å². The van der Waals surface area contributed by atoms with E-state index in [1.165, 1.54) is 16.0 Å². The minimum absolute atomic E-state index is 0.0647. The summed E-state index contributed by atoms with van der Waals surface area (Å²) in [5.41, 5.74) is 3.00. The Morgan fingerprint density at radius 3 is 2.70 bits per heavy atom. The average molecular weight is 518 g/mol. The minimum atomic E-state index is -0.473. The van der Waals surface area contributed by atoms with E-state index in [1.807, 2.05) is 4.90 Å². The molecular formula is C29H35N5O2S. The van der Waals surface area contributed by atoms with Crippen molar-refractivity contribution in [1.29, 1.82) is 0 Å². The Morgan fingerprint density at radius 1 is 1.08 bits per heavy atom. The molecule has 0 spiro atoms. The van der Waals surface area contributed by atoms with E-state index in [2.05, 4.69) is 63.9 Å². The Balaban J connectivity index is 1.42. The number of carbonyl (C=O) groups excluding carboxylic acids is 2. The van der Waals surface area contributed by atoms with Gasteiger partial charge in [0.2, 0.25) is 5.91 Å². The summed E-state index contributed by atoms with van der Waals surface area (Å²) in [4.78, 5) is 39.2. The van der Waals surface area contributed by atoms with Gasteiger partial charge in [0.1, 0.15) is 6.04 Å². The second-order valence-corrected chi connectivity index (χ2v) is 11.0. The van der Waals surface area contributed by atoms with Crippen LogP contribution in [-0.2, 0) is 17.9 Å². The minimum Gasteiger partial charge on any atom is -0.340 e. The van der Waals surface area contributed by atoms with E-state index in [4.69, 9.17) is 0 Å². The molecule has 37 heavy (non-hydrogen) atoms. The van der Waals surface area contributed by atoms with Crippen LogP contribution in [0.4, 0.5) is 0 Å². The molecule has 8 heteroatoms. The summed E-state index contributed by atoms with van der Waals surface area (Å²) in [7, 11) is 0. The molecule has 2 aromatic heterocycles. The van der Waals surface area contributed by atoms with Gasteiger partial charge in [-0.1, -0.05) is 35.9 Å². The van der Waals surface area contributed by atoms with E-state index in [0.717, 1.165) is 39.1 Å². The molecule has 0 aliphatic carbocycles. The standard InChI is InChI=1S/C29H35N5O2S/c1-22-7-9-23(10-8-22)19-33(21-26-6-3-16-37-26)25-17-27(29(36)32-14-4-12-30-13-15-32)34(20-25)28(35)24-5-2-11-31-18-24/h2-3,5-11,16,18,25,27,30H,4,12-15,17,19-21H2,1H3. The number of pyridine rings is 1. The summed E-state index contributed by atoms with van der Waals surface area (Å²) in [5.74, 6) is -0.0526. The molecule has 2 fully saturated rings. The van der Waals surface area contributed by atoms with Gasteiger partial charge in [0, 0.05) is 62.6 Å². The molecule has 0 bridgehead atoms. The first kappa shape index (κ1) is 25.6. The van der Waals surface area contributed by atoms with Crippen molar-refractivity contribution in [3.63, 3.8) is 0 Å². The lowest BCUT2D eigenvalue weighted by Crippen LogP contribution is -2.48. The smallest absolute Gasteiger partial charge is 0.256 e. The van der Waals surface area contributed by atoms with Crippen LogP contribution in [0.2, 0.25) is 0 Å². The monoisotopic (exact) mass is 517 g/mol. The molecule has 0 radical (unpaired) electrons. The molecule has 2 atom stereocenters. The van der Waals surface area contributed by atoms with Crippen LogP contribution in [0.5, 0.6) is 0 Å². The number of hydrogen-bond donors (Lipinski definition) is 1. The summed E-state index contributed by atoms with van der Waals surface area (Å²) < 4.78 is 0. The van der Waals surface area contributed by atoms with Crippen molar-refractivity contribution in [1.82, 2.24) is 25.0 Å². The van der Waals surface area contributed by atoms with E-state index < -0.39 is 6.04 Å². The number of carbonyl (C=O) groups is 2. The van der Waals surface area contributed by atoms with Crippen LogP contribution in [0.1, 0.15) is 39.2 Å². The molecule has 194 valence electrons. The molecule has 1 N–H and O–H groups in total. The molecule has 7 nitrogen and oxygen atoms in total. The van der Waals surface area contributed by atoms with Gasteiger partial charge < -0.3 is 15.1 Å². The topological polar surface area (TPSA) is 68.8 Å². The summed E-state index contributed by atoms with van der Waals surface area (Å²) in [6.45, 7) is 7.29. The van der Waals surface area contributed by atoms with Crippen LogP contribution in [0.3, 0.4) is 0 Å². The third-order valence-corrected chi connectivity index (χ3v) is 8.21. The summed E-state index contributed by atoms with van der Waals surface area (Å²) in [6.07, 6.45) is 4.83. The van der Waals surface area contributed by atoms with Gasteiger partial charge >= 0.3 is 0 Å². The second-order valence-electron chi connectivity index (χ2n) is 10.0. The number of rotatable bonds is 7. The highest BCUT2D eigenvalue weighted by atomic mass is 32.1. The number of amides is 2. The molecule has 1 aromatic carbocycles. The highest BCUT2D eigenvalue weighted by Crippen LogP contribution is 2.29. The highest BCUT2D eigenvalue weighted by Gasteiger charge is 2.43. The van der Waals surface area contributed by atoms with Crippen molar-refractivity contribution in [3.05, 3.63) is 87.9 Å². The number of benzene rings is 1. The quantitative estimate of drug-likeness (QED) is 0.519. The molecule has 0 saturated carbocycles. The number of nitrogens with zero attached hydrogens (tertiary/aromatic N) is 4. The van der Waals surface area contributed by atoms with Gasteiger partial charge in [-0.05, 0) is 55.5 Å². The zero-order valence-electron chi connectivity index (χ0n) is 21.4. The number of aryl methyl sites for hydroxylation is 1. The van der Waals surface area contributed by atoms with Gasteiger partial charge in [0.25, 0.3) is 5.91 Å². The van der Waals surface area contributed by atoms with E-state index in [1.54, 1.807) is 40.8 Å². The first-order chi connectivity index (χ1) is 18.1. The molecule has 3 aromatic rings. The fraction of sp³-hybridized carbons (Fsp3) is 0.414. The number of thiophene rings is 1. The number of aromatic nitrogens is 1. The molecule has 2 amide bonds. The van der Waals surface area contributed by atoms with Crippen molar-refractivity contribution in [3.8, 4) is 0 Å². The highest BCUT2D eigenvalue weighted by molar-refractivity contribution is 7.09. The van der Waals surface area contributed by atoms with E-state index in [9.17, 15) is 9.59 Å². The van der Waals surface area contributed by atoms with Crippen LogP contribution in [0.15, 0.2) is 66.3 Å². The van der Waals surface area contributed by atoms with Gasteiger partial charge in [0.05, 0.1) is 5.56 Å². The normalized spacial score (nSPS) is 20.3. The van der Waals surface area contributed by atoms with Crippen molar-refractivity contribution >= 4 is 23.2 Å². The van der Waals surface area contributed by atoms with E-state index >= 15 is 0 Å². The Labute approximate surface area is 223 Å². The zero-order chi connectivity index (χ0) is 25.6. The van der Waals surface area contributed by atoms with Gasteiger partial charge in [-0.15, -0.1) is 11.3 Å². The number of likely N-dealkylation sites (tertiary alicyclic amines) is 1. The maximum Gasteiger partial charge on any atom is 0.256 e. The molecule has 2 aliphatic rings. The summed E-state index contributed by atoms with van der Waals surface area (Å²) in [5, 5.41) is 5.48. The third kappa shape index (κ3) is 6.26. The lowest BCUT2D eigenvalue weighted by molar-refractivity contribution is -0.135. The van der Waals surface area contributed by atoms with Gasteiger partial charge in [-0.3, -0.25) is 19.5 Å². The maximum atomic E-state index is 13.9. The van der Waals surface area contributed by atoms with Gasteiger partial charge in [0.15, 0.2) is 0 Å². The van der Waals surface area contributed by atoms with Crippen molar-refractivity contribution in [2.75, 3.05) is 32.7 Å². The largest absolute Gasteiger partial charge is 0.340 e. The summed E-state index contributed by atoms with van der Waals surface area (Å²) in [6, 6.07) is 16.0. The Kier molecular flexibility index (Phi) is 8.28. The van der Waals surface area contributed by atoms with Gasteiger partial charge in [-0.25, -0.2) is 0 Å². The Bertz CT molecular complexity index is 1160. The second kappa shape index (κ2) is 12.0. The van der Waals surface area contributed by atoms with Crippen molar-refractivity contribution in [2.45, 2.75) is 44.9 Å². The molecular weight excluding hydrogens is 482 g/mol. The zero-order valence-corrected chi connectivity index (χ0v) is 22.2. The van der Waals surface area contributed by atoms with Crippen molar-refractivity contribution in [2.24, 2.45) is 0 Å². The van der Waals surface area contributed by atoms with Gasteiger partial charge in [-0.2, -0.15) is 0 Å². The maximum absolute atomic E-state index is 13.9. The van der Waals surface area contributed by atoms with Crippen LogP contribution in [0, 0.1) is 6.92 Å². The van der Waals surface area contributed by atoms with Crippen LogP contribution >= 0.6 is 11.3 Å². The number of nitrogens with one attached hydrogen (secondary N) is 1. The first-order valence-corrected chi connectivity index (χ1v) is 14.0. The Morgan fingerprint density at radius 2 is 1.95 bits per heavy atom. The third-order valence-electron chi connectivity index (χ3n) is 7.35. The lowest BCUT2D eigenvalue weighted by atomic mass is 10.1. The van der Waals surface area contributed by atoms with Crippen LogP contribution < -0.4 is 5.32 Å². The molecule has 2 unspecified atom stereocenters. The molecule has 2 aliphatic heterocycles. The SMILES string of the molecule is Cc1ccc(CN(Cc2cccs2)C2CC(C(=O)N3CCCNCC3)N(C(=O)c3cccnc3)C2)cc1. The van der Waals surface area contributed by atoms with Crippen molar-refractivity contribution < 1.29 is 9.59 Å². The van der Waals surface area contributed by atoms with Crippen LogP contribution in [0.25, 0.3) is 0 Å². The summed E-state index contributed by atoms with van der Waals surface area (Å²) >= 11 is 1.75. The fourth-order valence-corrected chi connectivity index (χ4v) is 6.04. The average Bonchev–Trinajstić information content (AvgIpc) is 3.52. The molecule has 4 heterocycles. The molecule has 5 rings (SSSR count). The van der Waals surface area contributed by atoms with Crippen LogP contribution in [-0.4, -0.2) is 76.3 Å². The fourth-order valence-electron chi connectivity index (χ4n) is 5.31. The predicted molar refractivity (Wildman–Crippen MR) is 146 cm³/mol. The Hall–Kier alpha value is -3.07. The van der Waals surface area contributed by atoms with E-state index in [-0.39, 0.29) is 17.9 Å². The number of hydrogen-bond acceptors (Lipinski definition) is 6. The lowest BCUT2D eigenvalue weighted by Gasteiger charge is -2.29.